The molecule has 0 aromatic carbocycles. The van der Waals surface area contributed by atoms with Gasteiger partial charge in [0.2, 0.25) is 5.79 Å². The highest BCUT2D eigenvalue weighted by molar-refractivity contribution is 5.86. The summed E-state index contributed by atoms with van der Waals surface area (Å²) in [6, 6.07) is 0. The third kappa shape index (κ3) is 3.19. The van der Waals surface area contributed by atoms with Crippen molar-refractivity contribution in [1.82, 2.24) is 0 Å². The molecule has 0 bridgehead atoms. The number of aliphatic hydroxyl groups excluding tert-OH is 1. The number of fused-ring (bicyclic) bond motifs is 4. The van der Waals surface area contributed by atoms with Crippen molar-refractivity contribution >= 4 is 17.9 Å². The summed E-state index contributed by atoms with van der Waals surface area (Å²) in [6.45, 7) is 9.77. The van der Waals surface area contributed by atoms with Gasteiger partial charge in [-0.2, -0.15) is 0 Å². The molecular weight excluding hydrogens is 432 g/mol. The zero-order valence-electron chi connectivity index (χ0n) is 20.0. The van der Waals surface area contributed by atoms with Gasteiger partial charge in [0.05, 0.1) is 11.7 Å². The van der Waals surface area contributed by atoms with E-state index in [4.69, 9.17) is 14.2 Å². The van der Waals surface area contributed by atoms with Crippen LogP contribution in [0.4, 0.5) is 0 Å². The van der Waals surface area contributed by atoms with Crippen molar-refractivity contribution < 1.29 is 43.9 Å². The maximum absolute atomic E-state index is 12.3. The Morgan fingerprint density at radius 3 is 2.24 bits per heavy atom. The number of carbonyl (C=O) groups is 3. The van der Waals surface area contributed by atoms with Crippen LogP contribution in [-0.2, 0) is 28.6 Å². The SMILES string of the molecule is CC(=O)O[C@H]1CC(C)(C)[C@]2(O)C[C@@H](O)[C@H]3[C@@H](C)C4=CC(=O)O[C@]4(O)C[C@@H]3[C@@]2(C)[C@H]1OC(C)=O. The van der Waals surface area contributed by atoms with Crippen LogP contribution >= 0.6 is 0 Å². The quantitative estimate of drug-likeness (QED) is 0.405. The molecule has 4 rings (SSSR count). The van der Waals surface area contributed by atoms with Gasteiger partial charge in [-0.15, -0.1) is 0 Å². The predicted molar refractivity (Wildman–Crippen MR) is 113 cm³/mol. The first-order valence-corrected chi connectivity index (χ1v) is 11.5. The van der Waals surface area contributed by atoms with Crippen LogP contribution in [0.5, 0.6) is 0 Å². The highest BCUT2D eigenvalue weighted by Crippen LogP contribution is 2.69. The highest BCUT2D eigenvalue weighted by atomic mass is 16.7. The summed E-state index contributed by atoms with van der Waals surface area (Å²) in [5.74, 6) is -5.20. The molecule has 0 aromatic heterocycles. The molecule has 0 radical (unpaired) electrons. The Kier molecular flexibility index (Phi) is 5.32. The average Bonchev–Trinajstić information content (AvgIpc) is 2.96. The molecule has 9 atom stereocenters. The van der Waals surface area contributed by atoms with Crippen LogP contribution in [0.15, 0.2) is 11.6 Å². The van der Waals surface area contributed by atoms with E-state index in [0.717, 1.165) is 0 Å². The molecule has 9 nitrogen and oxygen atoms in total. The van der Waals surface area contributed by atoms with Crippen LogP contribution in [-0.4, -0.2) is 62.9 Å². The van der Waals surface area contributed by atoms with Crippen LogP contribution in [0.25, 0.3) is 0 Å². The van der Waals surface area contributed by atoms with Gasteiger partial charge in [-0.05, 0) is 29.6 Å². The van der Waals surface area contributed by atoms with Gasteiger partial charge in [-0.3, -0.25) is 9.59 Å². The van der Waals surface area contributed by atoms with E-state index in [2.05, 4.69) is 0 Å². The van der Waals surface area contributed by atoms with E-state index >= 15 is 0 Å². The summed E-state index contributed by atoms with van der Waals surface area (Å²) < 4.78 is 16.7. The van der Waals surface area contributed by atoms with E-state index in [1.165, 1.54) is 19.9 Å². The summed E-state index contributed by atoms with van der Waals surface area (Å²) in [6.07, 6.45) is -1.41. The van der Waals surface area contributed by atoms with Crippen molar-refractivity contribution in [3.05, 3.63) is 11.6 Å². The first-order chi connectivity index (χ1) is 15.1. The van der Waals surface area contributed by atoms with Crippen LogP contribution in [0.3, 0.4) is 0 Å². The normalized spacial score (nSPS) is 47.9. The molecule has 0 unspecified atom stereocenters. The third-order valence-electron chi connectivity index (χ3n) is 9.00. The fourth-order valence-corrected chi connectivity index (χ4v) is 7.62. The highest BCUT2D eigenvalue weighted by Gasteiger charge is 2.75. The lowest BCUT2D eigenvalue weighted by molar-refractivity contribution is -0.331. The number of carbonyl (C=O) groups excluding carboxylic acids is 3. The van der Waals surface area contributed by atoms with E-state index in [1.807, 2.05) is 20.8 Å². The van der Waals surface area contributed by atoms with E-state index in [-0.39, 0.29) is 19.3 Å². The van der Waals surface area contributed by atoms with Crippen molar-refractivity contribution in [3.8, 4) is 0 Å². The molecule has 0 saturated heterocycles. The number of hydrogen-bond donors (Lipinski definition) is 3. The lowest BCUT2D eigenvalue weighted by atomic mass is 9.39. The fourth-order valence-electron chi connectivity index (χ4n) is 7.62. The second kappa shape index (κ2) is 7.26. The summed E-state index contributed by atoms with van der Waals surface area (Å²) in [5, 5.41) is 34.9. The van der Waals surface area contributed by atoms with E-state index in [9.17, 15) is 29.7 Å². The minimum Gasteiger partial charge on any atom is -0.459 e. The largest absolute Gasteiger partial charge is 0.459 e. The minimum atomic E-state index is -1.88. The smallest absolute Gasteiger partial charge is 0.333 e. The second-order valence-corrected chi connectivity index (χ2v) is 11.2. The van der Waals surface area contributed by atoms with Gasteiger partial charge < -0.3 is 29.5 Å². The summed E-state index contributed by atoms with van der Waals surface area (Å²) in [4.78, 5) is 36.2. The number of hydrogen-bond acceptors (Lipinski definition) is 9. The summed E-state index contributed by atoms with van der Waals surface area (Å²) >= 11 is 0. The van der Waals surface area contributed by atoms with Crippen molar-refractivity contribution in [1.29, 1.82) is 0 Å². The summed E-state index contributed by atoms with van der Waals surface area (Å²) in [7, 11) is 0. The first kappa shape index (κ1) is 24.2. The molecule has 4 aliphatic rings. The standard InChI is InChI=1S/C24H34O9/c1-11-14-7-18(28)33-23(14,29)8-15-19(11)16(27)9-24(30)21(4,5)10-17(31-12(2)25)20(22(15,24)6)32-13(3)26/h7,11,15-17,19-20,27,29-30H,8-10H2,1-6H3/t11-,15-,16+,17-,19-,20-,22-,23+,24+/m0/s1. The topological polar surface area (TPSA) is 140 Å². The Hall–Kier alpha value is -1.97. The molecule has 3 N–H and O–H groups in total. The minimum absolute atomic E-state index is 0.00702. The molecule has 1 heterocycles. The summed E-state index contributed by atoms with van der Waals surface area (Å²) in [5.41, 5.74) is -3.23. The molecule has 33 heavy (non-hydrogen) atoms. The van der Waals surface area contributed by atoms with E-state index in [0.29, 0.717) is 5.57 Å². The van der Waals surface area contributed by atoms with E-state index < -0.39 is 76.2 Å². The lowest BCUT2D eigenvalue weighted by Gasteiger charge is -2.70. The number of ether oxygens (including phenoxy) is 3. The molecule has 3 aliphatic carbocycles. The lowest BCUT2D eigenvalue weighted by Crippen LogP contribution is -2.77. The van der Waals surface area contributed by atoms with Gasteiger partial charge >= 0.3 is 17.9 Å². The second-order valence-electron chi connectivity index (χ2n) is 11.2. The molecule has 3 fully saturated rings. The maximum atomic E-state index is 12.3. The molecule has 184 valence electrons. The third-order valence-corrected chi connectivity index (χ3v) is 9.00. The van der Waals surface area contributed by atoms with Gasteiger partial charge in [0.25, 0.3) is 0 Å². The van der Waals surface area contributed by atoms with Gasteiger partial charge in [-0.25, -0.2) is 4.79 Å². The monoisotopic (exact) mass is 466 g/mol. The van der Waals surface area contributed by atoms with Crippen LogP contribution in [0.1, 0.15) is 60.8 Å². The molecule has 0 amide bonds. The van der Waals surface area contributed by atoms with Crippen molar-refractivity contribution in [3.63, 3.8) is 0 Å². The zero-order chi connectivity index (χ0) is 24.7. The molecule has 1 aliphatic heterocycles. The average molecular weight is 467 g/mol. The molecule has 0 aromatic rings. The Labute approximate surface area is 193 Å². The molecule has 0 spiro atoms. The molecular formula is C24H34O9. The van der Waals surface area contributed by atoms with Gasteiger partial charge in [-0.1, -0.05) is 27.7 Å². The maximum Gasteiger partial charge on any atom is 0.333 e. The van der Waals surface area contributed by atoms with Gasteiger partial charge in [0.15, 0.2) is 0 Å². The number of aliphatic hydroxyl groups is 3. The Morgan fingerprint density at radius 1 is 1.06 bits per heavy atom. The number of rotatable bonds is 2. The zero-order valence-corrected chi connectivity index (χ0v) is 20.0. The van der Waals surface area contributed by atoms with Gasteiger partial charge in [0, 0.05) is 43.8 Å². The Morgan fingerprint density at radius 2 is 1.67 bits per heavy atom. The van der Waals surface area contributed by atoms with Gasteiger partial charge in [0.1, 0.15) is 12.2 Å². The number of esters is 3. The molecule has 3 saturated carbocycles. The van der Waals surface area contributed by atoms with Crippen molar-refractivity contribution in [2.45, 2.75) is 90.5 Å². The van der Waals surface area contributed by atoms with Crippen LogP contribution in [0.2, 0.25) is 0 Å². The van der Waals surface area contributed by atoms with Crippen molar-refractivity contribution in [2.24, 2.45) is 28.6 Å². The van der Waals surface area contributed by atoms with E-state index in [1.54, 1.807) is 6.92 Å². The predicted octanol–water partition coefficient (Wildman–Crippen LogP) is 1.23. The molecule has 9 heteroatoms. The Bertz CT molecular complexity index is 925. The first-order valence-electron chi connectivity index (χ1n) is 11.5. The fraction of sp³-hybridized carbons (Fsp3) is 0.792. The van der Waals surface area contributed by atoms with Crippen LogP contribution in [0, 0.1) is 28.6 Å². The van der Waals surface area contributed by atoms with Crippen molar-refractivity contribution in [2.75, 3.05) is 0 Å². The Balaban J connectivity index is 1.91. The van der Waals surface area contributed by atoms with Crippen LogP contribution < -0.4 is 0 Å².